The molecular formula is C16H30N2O3. The van der Waals surface area contributed by atoms with Crippen LogP contribution < -0.4 is 5.32 Å². The fraction of sp³-hybridized carbons (Fsp3) is 0.875. The molecule has 5 nitrogen and oxygen atoms in total. The smallest absolute Gasteiger partial charge is 0.407 e. The molecule has 122 valence electrons. The van der Waals surface area contributed by atoms with Gasteiger partial charge in [-0.25, -0.2) is 4.79 Å². The van der Waals surface area contributed by atoms with E-state index < -0.39 is 5.60 Å². The van der Waals surface area contributed by atoms with Gasteiger partial charge < -0.3 is 15.0 Å². The second kappa shape index (κ2) is 7.66. The van der Waals surface area contributed by atoms with Crippen LogP contribution in [-0.4, -0.2) is 42.1 Å². The molecule has 1 fully saturated rings. The predicted octanol–water partition coefficient (Wildman–Crippen LogP) is 2.80. The molecule has 0 bridgehead atoms. The number of nitrogens with one attached hydrogen (secondary N) is 1. The minimum atomic E-state index is -0.481. The van der Waals surface area contributed by atoms with Crippen LogP contribution in [0.1, 0.15) is 53.9 Å². The number of amides is 2. The number of alkyl carbamates (subject to hydrolysis) is 1. The molecule has 1 saturated heterocycles. The Morgan fingerprint density at radius 2 is 2.00 bits per heavy atom. The minimum absolute atomic E-state index is 0.228. The van der Waals surface area contributed by atoms with Crippen LogP contribution in [0.15, 0.2) is 0 Å². The van der Waals surface area contributed by atoms with Crippen LogP contribution in [0.25, 0.3) is 0 Å². The third-order valence-electron chi connectivity index (χ3n) is 3.84. The van der Waals surface area contributed by atoms with Crippen LogP contribution >= 0.6 is 0 Å². The Balaban J connectivity index is 2.45. The number of carbonyl (C=O) groups excluding carboxylic acids is 2. The van der Waals surface area contributed by atoms with Crippen LogP contribution in [-0.2, 0) is 9.53 Å². The minimum Gasteiger partial charge on any atom is -0.444 e. The maximum atomic E-state index is 12.0. The summed E-state index contributed by atoms with van der Waals surface area (Å²) in [6.45, 7) is 11.9. The number of rotatable bonds is 4. The lowest BCUT2D eigenvalue weighted by molar-refractivity contribution is -0.133. The van der Waals surface area contributed by atoms with Gasteiger partial charge in [-0.1, -0.05) is 13.8 Å². The molecule has 0 aromatic heterocycles. The molecule has 0 radical (unpaired) electrons. The summed E-state index contributed by atoms with van der Waals surface area (Å²) in [4.78, 5) is 25.6. The zero-order chi connectivity index (χ0) is 16.0. The van der Waals surface area contributed by atoms with Crippen molar-refractivity contribution >= 4 is 12.0 Å². The van der Waals surface area contributed by atoms with E-state index in [1.807, 2.05) is 32.6 Å². The second-order valence-corrected chi connectivity index (χ2v) is 7.00. The molecule has 5 heteroatoms. The summed E-state index contributed by atoms with van der Waals surface area (Å²) in [5.41, 5.74) is -0.481. The van der Waals surface area contributed by atoms with Gasteiger partial charge in [0.15, 0.2) is 0 Å². The van der Waals surface area contributed by atoms with Gasteiger partial charge in [0.2, 0.25) is 5.91 Å². The first-order chi connectivity index (χ1) is 9.73. The van der Waals surface area contributed by atoms with Gasteiger partial charge in [0, 0.05) is 26.1 Å². The van der Waals surface area contributed by atoms with E-state index in [0.29, 0.717) is 24.8 Å². The fourth-order valence-electron chi connectivity index (χ4n) is 2.54. The Kier molecular flexibility index (Phi) is 6.49. The number of carbonyl (C=O) groups is 2. The number of piperidine rings is 1. The largest absolute Gasteiger partial charge is 0.444 e. The number of ether oxygens (including phenoxy) is 1. The van der Waals surface area contributed by atoms with Gasteiger partial charge in [-0.2, -0.15) is 0 Å². The maximum absolute atomic E-state index is 12.0. The summed E-state index contributed by atoms with van der Waals surface area (Å²) in [5, 5.41) is 2.83. The van der Waals surface area contributed by atoms with Crippen LogP contribution in [0.2, 0.25) is 0 Å². The van der Waals surface area contributed by atoms with Gasteiger partial charge in [0.1, 0.15) is 5.60 Å². The van der Waals surface area contributed by atoms with Gasteiger partial charge in [-0.05, 0) is 45.4 Å². The molecule has 0 aromatic rings. The van der Waals surface area contributed by atoms with E-state index in [0.717, 1.165) is 25.9 Å². The van der Waals surface area contributed by atoms with Gasteiger partial charge in [0.05, 0.1) is 0 Å². The van der Waals surface area contributed by atoms with Crippen molar-refractivity contribution in [3.05, 3.63) is 0 Å². The van der Waals surface area contributed by atoms with E-state index in [1.165, 1.54) is 0 Å². The van der Waals surface area contributed by atoms with Crippen molar-refractivity contribution in [2.24, 2.45) is 11.8 Å². The lowest BCUT2D eigenvalue weighted by Crippen LogP contribution is -2.47. The summed E-state index contributed by atoms with van der Waals surface area (Å²) < 4.78 is 5.25. The highest BCUT2D eigenvalue weighted by Gasteiger charge is 2.29. The highest BCUT2D eigenvalue weighted by molar-refractivity contribution is 5.76. The number of nitrogens with zero attached hydrogens (tertiary/aromatic N) is 1. The molecule has 2 amide bonds. The molecular weight excluding hydrogens is 268 g/mol. The average Bonchev–Trinajstić information content (AvgIpc) is 2.36. The topological polar surface area (TPSA) is 58.6 Å². The summed E-state index contributed by atoms with van der Waals surface area (Å²) in [5.74, 6) is 1.03. The van der Waals surface area contributed by atoms with E-state index in [2.05, 4.69) is 12.2 Å². The zero-order valence-corrected chi connectivity index (χ0v) is 14.1. The Bertz CT molecular complexity index is 363. The molecule has 1 rings (SSSR count). The third-order valence-corrected chi connectivity index (χ3v) is 3.84. The van der Waals surface area contributed by atoms with Crippen molar-refractivity contribution < 1.29 is 14.3 Å². The highest BCUT2D eigenvalue weighted by Crippen LogP contribution is 2.23. The summed E-state index contributed by atoms with van der Waals surface area (Å²) in [6, 6.07) is 0. The van der Waals surface area contributed by atoms with E-state index in [9.17, 15) is 9.59 Å². The van der Waals surface area contributed by atoms with Gasteiger partial charge in [-0.3, -0.25) is 4.79 Å². The summed E-state index contributed by atoms with van der Waals surface area (Å²) >= 11 is 0. The Morgan fingerprint density at radius 3 is 2.57 bits per heavy atom. The molecule has 1 heterocycles. The first kappa shape index (κ1) is 17.8. The van der Waals surface area contributed by atoms with E-state index in [1.54, 1.807) is 0 Å². The lowest BCUT2D eigenvalue weighted by Gasteiger charge is -2.37. The van der Waals surface area contributed by atoms with Gasteiger partial charge >= 0.3 is 6.09 Å². The van der Waals surface area contributed by atoms with Gasteiger partial charge in [-0.15, -0.1) is 0 Å². The molecule has 2 atom stereocenters. The van der Waals surface area contributed by atoms with E-state index in [-0.39, 0.29) is 12.0 Å². The van der Waals surface area contributed by atoms with Gasteiger partial charge in [0.25, 0.3) is 0 Å². The van der Waals surface area contributed by atoms with E-state index >= 15 is 0 Å². The quantitative estimate of drug-likeness (QED) is 0.868. The van der Waals surface area contributed by atoms with Crippen LogP contribution in [0, 0.1) is 11.8 Å². The molecule has 1 aliphatic rings. The van der Waals surface area contributed by atoms with Crippen LogP contribution in [0.3, 0.4) is 0 Å². The normalized spacial score (nSPS) is 22.8. The first-order valence-electron chi connectivity index (χ1n) is 7.97. The molecule has 21 heavy (non-hydrogen) atoms. The van der Waals surface area contributed by atoms with Crippen molar-refractivity contribution in [2.45, 2.75) is 59.5 Å². The van der Waals surface area contributed by atoms with Crippen molar-refractivity contribution in [3.63, 3.8) is 0 Å². The van der Waals surface area contributed by atoms with Crippen molar-refractivity contribution in [3.8, 4) is 0 Å². The monoisotopic (exact) mass is 298 g/mol. The molecule has 0 spiro atoms. The van der Waals surface area contributed by atoms with Crippen LogP contribution in [0.4, 0.5) is 4.79 Å². The van der Waals surface area contributed by atoms with Crippen molar-refractivity contribution in [1.29, 1.82) is 0 Å². The summed E-state index contributed by atoms with van der Waals surface area (Å²) in [6.07, 6.45) is 2.11. The molecule has 0 aromatic carbocycles. The maximum Gasteiger partial charge on any atom is 0.407 e. The Hall–Kier alpha value is -1.26. The molecule has 0 aliphatic carbocycles. The molecule has 1 N–H and O–H groups in total. The highest BCUT2D eigenvalue weighted by atomic mass is 16.6. The number of likely N-dealkylation sites (tertiary alicyclic amines) is 1. The van der Waals surface area contributed by atoms with Crippen molar-refractivity contribution in [1.82, 2.24) is 10.2 Å². The molecule has 0 unspecified atom stereocenters. The van der Waals surface area contributed by atoms with Crippen LogP contribution in [0.5, 0.6) is 0 Å². The summed E-state index contributed by atoms with van der Waals surface area (Å²) in [7, 11) is 0. The average molecular weight is 298 g/mol. The predicted molar refractivity (Wildman–Crippen MR) is 83.0 cm³/mol. The zero-order valence-electron chi connectivity index (χ0n) is 14.1. The van der Waals surface area contributed by atoms with E-state index in [4.69, 9.17) is 4.74 Å². The Morgan fingerprint density at radius 1 is 1.33 bits per heavy atom. The Labute approximate surface area is 128 Å². The first-order valence-corrected chi connectivity index (χ1v) is 7.97. The standard InChI is InChI=1S/C16H30N2O3/c1-6-7-14(19)18-9-8-12(2)13(11-18)10-17-15(20)21-16(3,4)5/h12-13H,6-11H2,1-5H3,(H,17,20)/t12-,13+/m1/s1. The van der Waals surface area contributed by atoms with Crippen molar-refractivity contribution in [2.75, 3.05) is 19.6 Å². The SMILES string of the molecule is CCCC(=O)N1CC[C@@H](C)[C@@H](CNC(=O)OC(C)(C)C)C1. The lowest BCUT2D eigenvalue weighted by atomic mass is 9.87. The number of hydrogen-bond donors (Lipinski definition) is 1. The number of hydrogen-bond acceptors (Lipinski definition) is 3. The fourth-order valence-corrected chi connectivity index (χ4v) is 2.54. The third kappa shape index (κ3) is 6.36. The molecule has 1 aliphatic heterocycles. The second-order valence-electron chi connectivity index (χ2n) is 7.00. The molecule has 0 saturated carbocycles.